The molecule has 1 aromatic carbocycles. The van der Waals surface area contributed by atoms with Crippen molar-refractivity contribution in [3.8, 4) is 11.3 Å². The molecule has 3 aromatic rings. The van der Waals surface area contributed by atoms with E-state index < -0.39 is 0 Å². The van der Waals surface area contributed by atoms with Gasteiger partial charge in [-0.3, -0.25) is 4.79 Å². The van der Waals surface area contributed by atoms with Crippen LogP contribution in [0.1, 0.15) is 5.76 Å². The highest BCUT2D eigenvalue weighted by Gasteiger charge is 2.19. The Bertz CT molecular complexity index is 875. The number of hydrogen-bond acceptors (Lipinski definition) is 6. The number of benzene rings is 1. The lowest BCUT2D eigenvalue weighted by atomic mass is 10.1. The van der Waals surface area contributed by atoms with Crippen LogP contribution in [0.2, 0.25) is 0 Å². The van der Waals surface area contributed by atoms with Crippen LogP contribution >= 0.6 is 0 Å². The smallest absolute Gasteiger partial charge is 0.227 e. The van der Waals surface area contributed by atoms with Crippen molar-refractivity contribution in [2.24, 2.45) is 0 Å². The lowest BCUT2D eigenvalue weighted by Gasteiger charge is -2.32. The molecule has 138 valence electrons. The number of piperazine rings is 1. The molecule has 1 aliphatic rings. The van der Waals surface area contributed by atoms with Crippen molar-refractivity contribution in [1.29, 1.82) is 0 Å². The standard InChI is InChI=1S/C20H21N5O2/c26-15-24-8-10-25(11-9-24)20-22-18(16-5-2-1-3-6-16)13-19(23-20)21-14-17-7-4-12-27-17/h1-7,12-13,15H,8-11,14H2,(H,21,22,23). The van der Waals surface area contributed by atoms with Crippen LogP contribution in [0, 0.1) is 0 Å². The SMILES string of the molecule is O=CN1CCN(c2nc(NCc3ccco3)cc(-c3ccccc3)n2)CC1. The van der Waals surface area contributed by atoms with Crippen molar-refractivity contribution in [2.45, 2.75) is 6.54 Å². The third kappa shape index (κ3) is 4.08. The Morgan fingerprint density at radius 3 is 2.56 bits per heavy atom. The topological polar surface area (TPSA) is 74.5 Å². The van der Waals surface area contributed by atoms with Gasteiger partial charge in [0.05, 0.1) is 18.5 Å². The number of carbonyl (C=O) groups is 1. The number of amides is 1. The molecule has 7 nitrogen and oxygen atoms in total. The zero-order valence-electron chi connectivity index (χ0n) is 14.9. The van der Waals surface area contributed by atoms with Crippen LogP contribution in [0.4, 0.5) is 11.8 Å². The fraction of sp³-hybridized carbons (Fsp3) is 0.250. The average molecular weight is 363 g/mol. The van der Waals surface area contributed by atoms with Gasteiger partial charge >= 0.3 is 0 Å². The molecule has 0 spiro atoms. The van der Waals surface area contributed by atoms with Gasteiger partial charge in [0.2, 0.25) is 12.4 Å². The number of furan rings is 1. The summed E-state index contributed by atoms with van der Waals surface area (Å²) < 4.78 is 5.39. The predicted octanol–water partition coefficient (Wildman–Crippen LogP) is 2.63. The number of rotatable bonds is 6. The van der Waals surface area contributed by atoms with E-state index in [1.807, 2.05) is 48.5 Å². The molecular formula is C20H21N5O2. The first-order chi connectivity index (χ1) is 13.3. The predicted molar refractivity (Wildman–Crippen MR) is 103 cm³/mol. The Balaban J connectivity index is 1.61. The van der Waals surface area contributed by atoms with Crippen LogP contribution in [0.5, 0.6) is 0 Å². The van der Waals surface area contributed by atoms with Crippen LogP contribution in [-0.4, -0.2) is 47.5 Å². The molecule has 0 radical (unpaired) electrons. The summed E-state index contributed by atoms with van der Waals surface area (Å²) in [5, 5.41) is 3.32. The maximum Gasteiger partial charge on any atom is 0.227 e. The van der Waals surface area contributed by atoms with E-state index in [-0.39, 0.29) is 0 Å². The molecule has 0 atom stereocenters. The summed E-state index contributed by atoms with van der Waals surface area (Å²) in [7, 11) is 0. The van der Waals surface area contributed by atoms with Crippen molar-refractivity contribution in [2.75, 3.05) is 36.4 Å². The fourth-order valence-corrected chi connectivity index (χ4v) is 3.04. The number of nitrogens with zero attached hydrogens (tertiary/aromatic N) is 4. The van der Waals surface area contributed by atoms with E-state index in [4.69, 9.17) is 9.40 Å². The van der Waals surface area contributed by atoms with E-state index >= 15 is 0 Å². The zero-order valence-corrected chi connectivity index (χ0v) is 14.9. The molecule has 27 heavy (non-hydrogen) atoms. The van der Waals surface area contributed by atoms with Gasteiger partial charge in [0.15, 0.2) is 0 Å². The molecule has 1 aliphatic heterocycles. The molecular weight excluding hydrogens is 342 g/mol. The molecule has 1 fully saturated rings. The van der Waals surface area contributed by atoms with E-state index in [2.05, 4.69) is 15.2 Å². The van der Waals surface area contributed by atoms with Crippen molar-refractivity contribution in [3.63, 3.8) is 0 Å². The molecule has 0 unspecified atom stereocenters. The molecule has 3 heterocycles. The fourth-order valence-electron chi connectivity index (χ4n) is 3.04. The third-order valence-electron chi connectivity index (χ3n) is 4.55. The minimum atomic E-state index is 0.552. The maximum absolute atomic E-state index is 11.0. The van der Waals surface area contributed by atoms with Gasteiger partial charge in [0.1, 0.15) is 11.6 Å². The average Bonchev–Trinajstić information content (AvgIpc) is 3.26. The molecule has 1 N–H and O–H groups in total. The number of hydrogen-bond donors (Lipinski definition) is 1. The molecule has 0 saturated carbocycles. The first kappa shape index (κ1) is 17.1. The number of carbonyl (C=O) groups excluding carboxylic acids is 1. The van der Waals surface area contributed by atoms with E-state index in [1.54, 1.807) is 11.2 Å². The summed E-state index contributed by atoms with van der Waals surface area (Å²) in [5.74, 6) is 2.26. The second kappa shape index (κ2) is 7.90. The van der Waals surface area contributed by atoms with Crippen LogP contribution in [-0.2, 0) is 11.3 Å². The monoisotopic (exact) mass is 363 g/mol. The second-order valence-electron chi connectivity index (χ2n) is 6.37. The molecule has 1 amide bonds. The van der Waals surface area contributed by atoms with E-state index in [1.165, 1.54) is 0 Å². The Morgan fingerprint density at radius 2 is 1.85 bits per heavy atom. The van der Waals surface area contributed by atoms with Gasteiger partial charge in [-0.25, -0.2) is 4.98 Å². The highest BCUT2D eigenvalue weighted by atomic mass is 16.3. The van der Waals surface area contributed by atoms with Crippen LogP contribution in [0.15, 0.2) is 59.2 Å². The summed E-state index contributed by atoms with van der Waals surface area (Å²) in [6, 6.07) is 15.8. The quantitative estimate of drug-likeness (QED) is 0.679. The Morgan fingerprint density at radius 1 is 1.04 bits per heavy atom. The number of aromatic nitrogens is 2. The molecule has 7 heteroatoms. The maximum atomic E-state index is 11.0. The first-order valence-corrected chi connectivity index (χ1v) is 8.97. The third-order valence-corrected chi connectivity index (χ3v) is 4.55. The first-order valence-electron chi connectivity index (χ1n) is 8.97. The van der Waals surface area contributed by atoms with Crippen molar-refractivity contribution < 1.29 is 9.21 Å². The lowest BCUT2D eigenvalue weighted by molar-refractivity contribution is -0.118. The Kier molecular flexibility index (Phi) is 5.00. The second-order valence-corrected chi connectivity index (χ2v) is 6.37. The largest absolute Gasteiger partial charge is 0.467 e. The Hall–Kier alpha value is -3.35. The lowest BCUT2D eigenvalue weighted by Crippen LogP contribution is -2.46. The van der Waals surface area contributed by atoms with Gasteiger partial charge in [0.25, 0.3) is 0 Å². The molecule has 1 saturated heterocycles. The molecule has 4 rings (SSSR count). The van der Waals surface area contributed by atoms with Gasteiger partial charge in [-0.05, 0) is 12.1 Å². The van der Waals surface area contributed by atoms with Gasteiger partial charge in [-0.1, -0.05) is 30.3 Å². The Labute approximate surface area is 157 Å². The van der Waals surface area contributed by atoms with Crippen LogP contribution in [0.3, 0.4) is 0 Å². The van der Waals surface area contributed by atoms with E-state index in [0.717, 1.165) is 29.2 Å². The highest BCUT2D eigenvalue weighted by Crippen LogP contribution is 2.24. The van der Waals surface area contributed by atoms with Gasteiger partial charge in [0, 0.05) is 37.8 Å². The van der Waals surface area contributed by atoms with E-state index in [0.29, 0.717) is 38.7 Å². The minimum absolute atomic E-state index is 0.552. The molecule has 2 aromatic heterocycles. The summed E-state index contributed by atoms with van der Waals surface area (Å²) in [6.07, 6.45) is 2.55. The van der Waals surface area contributed by atoms with Gasteiger partial charge in [-0.2, -0.15) is 4.98 Å². The van der Waals surface area contributed by atoms with Gasteiger partial charge in [-0.15, -0.1) is 0 Å². The number of nitrogens with one attached hydrogen (secondary N) is 1. The summed E-state index contributed by atoms with van der Waals surface area (Å²) in [5.41, 5.74) is 1.90. The van der Waals surface area contributed by atoms with Crippen molar-refractivity contribution in [3.05, 3.63) is 60.6 Å². The van der Waals surface area contributed by atoms with Gasteiger partial charge < -0.3 is 19.5 Å². The normalized spacial score (nSPS) is 14.2. The summed E-state index contributed by atoms with van der Waals surface area (Å²) >= 11 is 0. The zero-order chi connectivity index (χ0) is 18.5. The number of anilines is 2. The summed E-state index contributed by atoms with van der Waals surface area (Å²) in [6.45, 7) is 3.34. The van der Waals surface area contributed by atoms with Crippen LogP contribution < -0.4 is 10.2 Å². The highest BCUT2D eigenvalue weighted by molar-refractivity contribution is 5.64. The van der Waals surface area contributed by atoms with Crippen molar-refractivity contribution in [1.82, 2.24) is 14.9 Å². The minimum Gasteiger partial charge on any atom is -0.467 e. The molecule has 0 bridgehead atoms. The molecule has 0 aliphatic carbocycles. The summed E-state index contributed by atoms with van der Waals surface area (Å²) in [4.78, 5) is 24.3. The van der Waals surface area contributed by atoms with E-state index in [9.17, 15) is 4.79 Å². The van der Waals surface area contributed by atoms with Crippen LogP contribution in [0.25, 0.3) is 11.3 Å². The van der Waals surface area contributed by atoms with Crippen molar-refractivity contribution >= 4 is 18.2 Å².